The first kappa shape index (κ1) is 79.4. The van der Waals surface area contributed by atoms with Gasteiger partial charge in [-0.05, 0) is 218 Å². The Labute approximate surface area is 676 Å². The van der Waals surface area contributed by atoms with E-state index < -0.39 is 17.9 Å². The number of nitriles is 3. The van der Waals surface area contributed by atoms with Crippen LogP contribution in [-0.2, 0) is 28.6 Å². The van der Waals surface area contributed by atoms with Crippen LogP contribution in [0, 0.1) is 51.7 Å². The second-order valence-corrected chi connectivity index (χ2v) is 36.5. The number of unbranched alkanes of at least 4 members (excludes halogenated alkanes) is 3. The summed E-state index contributed by atoms with van der Waals surface area (Å²) in [5.74, 6) is -0.832. The highest BCUT2D eigenvalue weighted by atomic mass is 32.1. The van der Waals surface area contributed by atoms with E-state index in [1.807, 2.05) is 18.2 Å². The van der Waals surface area contributed by atoms with E-state index in [-0.39, 0.29) is 16.7 Å². The maximum atomic E-state index is 13.0. The van der Waals surface area contributed by atoms with Crippen molar-refractivity contribution in [2.24, 2.45) is 17.8 Å². The Morgan fingerprint density at radius 3 is 0.743 bits per heavy atom. The Kier molecular flexibility index (Phi) is 28.4. The number of benzene rings is 3. The Morgan fingerprint density at radius 1 is 0.312 bits per heavy atom. The van der Waals surface area contributed by atoms with E-state index in [9.17, 15) is 30.2 Å². The summed E-state index contributed by atoms with van der Waals surface area (Å²) in [5.41, 5.74) is 6.42. The molecule has 3 unspecified atom stereocenters. The van der Waals surface area contributed by atoms with Gasteiger partial charge >= 0.3 is 17.9 Å². The molecule has 109 heavy (non-hydrogen) atoms. The topological polar surface area (TPSA) is 154 Å². The lowest BCUT2D eigenvalue weighted by Gasteiger charge is -2.26. The normalized spacial score (nSPS) is 12.6. The number of esters is 3. The molecule has 12 rings (SSSR count). The van der Waals surface area contributed by atoms with E-state index >= 15 is 0 Å². The molecule has 19 heteroatoms. The van der Waals surface area contributed by atoms with Gasteiger partial charge in [0.15, 0.2) is 0 Å². The van der Waals surface area contributed by atoms with Crippen molar-refractivity contribution in [1.29, 1.82) is 15.8 Å². The zero-order chi connectivity index (χ0) is 76.2. The van der Waals surface area contributed by atoms with Crippen LogP contribution in [0.1, 0.15) is 133 Å². The van der Waals surface area contributed by atoms with E-state index in [2.05, 4.69) is 228 Å². The van der Waals surface area contributed by atoms with E-state index in [4.69, 9.17) is 14.2 Å². The van der Waals surface area contributed by atoms with Crippen LogP contribution < -0.4 is 4.90 Å². The van der Waals surface area contributed by atoms with Gasteiger partial charge in [0.25, 0.3) is 0 Å². The average Bonchev–Trinajstić information content (AvgIpc) is 0.891. The third kappa shape index (κ3) is 20.5. The summed E-state index contributed by atoms with van der Waals surface area (Å²) in [5, 5.41) is 29.8. The monoisotopic (exact) mass is 1600 g/mol. The van der Waals surface area contributed by atoms with Crippen LogP contribution in [0.4, 0.5) is 17.1 Å². The molecule has 0 fully saturated rings. The van der Waals surface area contributed by atoms with E-state index in [1.165, 1.54) is 14.6 Å². The predicted octanol–water partition coefficient (Wildman–Crippen LogP) is 28.7. The Hall–Kier alpha value is -9.14. The number of rotatable bonds is 36. The van der Waals surface area contributed by atoms with Gasteiger partial charge in [-0.1, -0.05) is 136 Å². The van der Waals surface area contributed by atoms with Crippen molar-refractivity contribution in [3.63, 3.8) is 0 Å². The molecule has 0 bridgehead atoms. The molecule has 3 aromatic carbocycles. The highest BCUT2D eigenvalue weighted by Crippen LogP contribution is 2.48. The number of hydrogen-bond acceptors (Lipinski definition) is 19. The Balaban J connectivity index is 0.755. The van der Waals surface area contributed by atoms with Crippen LogP contribution in [0.2, 0.25) is 0 Å². The van der Waals surface area contributed by atoms with Gasteiger partial charge in [-0.15, -0.1) is 102 Å². The van der Waals surface area contributed by atoms with Crippen LogP contribution in [-0.4, -0.2) is 37.7 Å². The molecule has 0 saturated carbocycles. The number of thiophene rings is 9. The van der Waals surface area contributed by atoms with Crippen LogP contribution in [0.15, 0.2) is 199 Å². The molecule has 12 aromatic rings. The van der Waals surface area contributed by atoms with Crippen LogP contribution in [0.3, 0.4) is 0 Å². The fourth-order valence-electron chi connectivity index (χ4n) is 12.5. The van der Waals surface area contributed by atoms with Crippen molar-refractivity contribution < 1.29 is 28.6 Å². The molecule has 0 amide bonds. The highest BCUT2D eigenvalue weighted by Gasteiger charge is 2.23. The lowest BCUT2D eigenvalue weighted by atomic mass is 10.0. The van der Waals surface area contributed by atoms with Gasteiger partial charge in [0, 0.05) is 105 Å². The summed E-state index contributed by atoms with van der Waals surface area (Å²) in [7, 11) is 0. The molecular formula is C90H84N4O6S9. The number of anilines is 3. The summed E-state index contributed by atoms with van der Waals surface area (Å²) in [4.78, 5) is 60.8. The van der Waals surface area contributed by atoms with E-state index in [0.29, 0.717) is 37.6 Å². The smallest absolute Gasteiger partial charge is 0.348 e. The van der Waals surface area contributed by atoms with Gasteiger partial charge in [0.1, 0.15) is 34.9 Å². The van der Waals surface area contributed by atoms with Gasteiger partial charge in [-0.25, -0.2) is 14.4 Å². The number of carbonyl (C=O) groups is 3. The maximum Gasteiger partial charge on any atom is 0.348 e. The third-order valence-corrected chi connectivity index (χ3v) is 30.0. The fourth-order valence-corrected chi connectivity index (χ4v) is 21.9. The van der Waals surface area contributed by atoms with Gasteiger partial charge in [0.05, 0.1) is 19.8 Å². The van der Waals surface area contributed by atoms with E-state index in [0.717, 1.165) is 184 Å². The molecular weight excluding hydrogens is 1520 g/mol. The Bertz CT molecular complexity index is 4770. The van der Waals surface area contributed by atoms with Crippen LogP contribution in [0.25, 0.3) is 108 Å². The average molecular weight is 1610 g/mol. The number of carbonyl (C=O) groups excluding carboxylic acids is 3. The summed E-state index contributed by atoms with van der Waals surface area (Å²) in [6.45, 7) is 13.8. The van der Waals surface area contributed by atoms with Crippen molar-refractivity contribution in [3.05, 3.63) is 213 Å². The lowest BCUT2D eigenvalue weighted by molar-refractivity contribution is -0.140. The second-order valence-electron chi connectivity index (χ2n) is 26.6. The minimum atomic E-state index is -0.570. The van der Waals surface area contributed by atoms with Crippen LogP contribution in [0.5, 0.6) is 0 Å². The molecule has 3 atom stereocenters. The zero-order valence-corrected chi connectivity index (χ0v) is 69.2. The van der Waals surface area contributed by atoms with Crippen molar-refractivity contribution in [1.82, 2.24) is 0 Å². The predicted molar refractivity (Wildman–Crippen MR) is 465 cm³/mol. The minimum absolute atomic E-state index is 0.0105. The fraction of sp³-hybridized carbons (Fsp3) is 0.267. The first-order chi connectivity index (χ1) is 53.3. The molecule has 0 spiro atoms. The maximum absolute atomic E-state index is 13.0. The first-order valence-corrected chi connectivity index (χ1v) is 44.5. The van der Waals surface area contributed by atoms with Gasteiger partial charge in [-0.3, -0.25) is 0 Å². The van der Waals surface area contributed by atoms with Gasteiger partial charge in [0.2, 0.25) is 0 Å². The van der Waals surface area contributed by atoms with Gasteiger partial charge in [-0.2, -0.15) is 15.8 Å². The molecule has 0 aliphatic heterocycles. The SMILES string of the molecule is CCCCC(CC)COC(=O)/C(C#N)=C/c1ccc(-c2ccc(-c3ccc(-c4ccc(N(c5ccc(-c6ccc(-c7ccc(-c8ccc(/C=C(\C#N)C(=O)OCC(CC)CCCC)s8)s7)s6)cc5)c5ccc(-c6ccc(-c7ccc(-c8ccc(/C=C(\C#N)C(=O)OCC(CC)CCCC)s8)s7)s6)cc5)cc4)s3)s2)s1. The third-order valence-electron chi connectivity index (χ3n) is 19.1. The molecule has 10 nitrogen and oxygen atoms in total. The molecule has 9 heterocycles. The summed E-state index contributed by atoms with van der Waals surface area (Å²) < 4.78 is 16.9. The molecule has 0 aliphatic carbocycles. The standard InChI is InChI=1S/C90H84N4O6S9/c1-7-13-16-58(10-4)55-98-88(95)64(52-91)49-70-31-34-76(101-70)79-43-46-85(107-79)82-40-37-73(104-82)61-19-25-67(26-20-61)94(68-27-21-62(22-28-68)74-38-41-83(105-74)86-47-44-80(108-86)77-35-32-71(102-77)50-65(53-92)89(96)99-56-59(11-5)17-14-8-2)69-29-23-63(24-30-69)75-39-42-84(106-75)87-48-45-81(109-87)78-36-33-72(103-78)51-66(54-93)90(97)100-57-60(12-6)18-15-9-3/h19-51,58-60H,7-18,55-57H2,1-6H3/b64-49+,65-50+,66-51+. The number of nitrogens with zero attached hydrogens (tertiary/aromatic N) is 4. The van der Waals surface area contributed by atoms with Crippen molar-refractivity contribution >= 4 is 155 Å². The van der Waals surface area contributed by atoms with Crippen LogP contribution >= 0.6 is 102 Å². The van der Waals surface area contributed by atoms with Gasteiger partial charge < -0.3 is 19.1 Å². The molecule has 554 valence electrons. The van der Waals surface area contributed by atoms with Crippen molar-refractivity contribution in [2.45, 2.75) is 119 Å². The number of ether oxygens (including phenoxy) is 3. The quantitative estimate of drug-likeness (QED) is 0.0160. The van der Waals surface area contributed by atoms with E-state index in [1.54, 1.807) is 120 Å². The summed E-state index contributed by atoms with van der Waals surface area (Å²) >= 11 is 15.1. The molecule has 0 radical (unpaired) electrons. The summed E-state index contributed by atoms with van der Waals surface area (Å²) in [6, 6.07) is 70.8. The largest absolute Gasteiger partial charge is 0.461 e. The first-order valence-electron chi connectivity index (χ1n) is 37.2. The molecule has 9 aromatic heterocycles. The number of hydrogen-bond donors (Lipinski definition) is 0. The molecule has 0 saturated heterocycles. The highest BCUT2D eigenvalue weighted by molar-refractivity contribution is 7.29. The zero-order valence-electron chi connectivity index (χ0n) is 61.8. The second kappa shape index (κ2) is 39.0. The minimum Gasteiger partial charge on any atom is -0.461 e. The molecule has 0 aliphatic rings. The Morgan fingerprint density at radius 2 is 0.523 bits per heavy atom. The molecule has 0 N–H and O–H groups in total. The van der Waals surface area contributed by atoms with Crippen molar-refractivity contribution in [3.8, 4) is 108 Å². The summed E-state index contributed by atoms with van der Waals surface area (Å²) in [6.07, 6.45) is 17.3. The lowest BCUT2D eigenvalue weighted by Crippen LogP contribution is -2.14. The van der Waals surface area contributed by atoms with Crippen molar-refractivity contribution in [2.75, 3.05) is 24.7 Å².